The maximum absolute atomic E-state index is 13.3. The van der Waals surface area contributed by atoms with Crippen molar-refractivity contribution < 1.29 is 9.13 Å². The molecule has 0 bridgehead atoms. The van der Waals surface area contributed by atoms with Gasteiger partial charge in [-0.3, -0.25) is 0 Å². The average Bonchev–Trinajstić information content (AvgIpc) is 2.59. The summed E-state index contributed by atoms with van der Waals surface area (Å²) in [4.78, 5) is 7.70. The SMILES string of the molecule is COc1c(-c2nc(Cl)c(F)c(Cl)n2)c(C)nn1C. The van der Waals surface area contributed by atoms with E-state index in [9.17, 15) is 4.39 Å². The van der Waals surface area contributed by atoms with E-state index < -0.39 is 5.82 Å². The number of ether oxygens (including phenoxy) is 1. The van der Waals surface area contributed by atoms with E-state index >= 15 is 0 Å². The highest BCUT2D eigenvalue weighted by atomic mass is 35.5. The first-order valence-corrected chi connectivity index (χ1v) is 5.67. The minimum atomic E-state index is -0.845. The molecule has 0 aliphatic rings. The van der Waals surface area contributed by atoms with Gasteiger partial charge in [0.1, 0.15) is 5.56 Å². The number of methoxy groups -OCH3 is 1. The van der Waals surface area contributed by atoms with Gasteiger partial charge in [0, 0.05) is 7.05 Å². The summed E-state index contributed by atoms with van der Waals surface area (Å²) in [6.45, 7) is 1.76. The second-order valence-electron chi connectivity index (χ2n) is 3.54. The van der Waals surface area contributed by atoms with Crippen LogP contribution in [0.15, 0.2) is 0 Å². The molecule has 96 valence electrons. The molecule has 0 radical (unpaired) electrons. The molecule has 18 heavy (non-hydrogen) atoms. The first-order chi connectivity index (χ1) is 8.45. The Bertz CT molecular complexity index is 591. The van der Waals surface area contributed by atoms with E-state index in [2.05, 4.69) is 15.1 Å². The summed E-state index contributed by atoms with van der Waals surface area (Å²) in [5.41, 5.74) is 1.16. The molecule has 2 aromatic heterocycles. The standard InChI is InChI=1S/C10H9Cl2FN4O/c1-4-5(10(18-3)17(2)16-4)9-14-7(11)6(13)8(12)15-9/h1-3H3. The Hall–Kier alpha value is -1.40. The average molecular weight is 291 g/mol. The second-order valence-corrected chi connectivity index (χ2v) is 4.25. The molecule has 2 heterocycles. The number of aromatic nitrogens is 4. The highest BCUT2D eigenvalue weighted by molar-refractivity contribution is 6.33. The Labute approximate surface area is 113 Å². The predicted molar refractivity (Wildman–Crippen MR) is 65.5 cm³/mol. The van der Waals surface area contributed by atoms with Gasteiger partial charge in [-0.05, 0) is 6.92 Å². The molecule has 0 spiro atoms. The topological polar surface area (TPSA) is 52.8 Å². The third-order valence-corrected chi connectivity index (χ3v) is 2.86. The number of nitrogens with zero attached hydrogens (tertiary/aromatic N) is 4. The molecule has 0 atom stereocenters. The van der Waals surface area contributed by atoms with E-state index in [-0.39, 0.29) is 16.1 Å². The summed E-state index contributed by atoms with van der Waals surface area (Å²) in [5.74, 6) is -0.220. The molecule has 0 aliphatic heterocycles. The first kappa shape index (κ1) is 13.0. The van der Waals surface area contributed by atoms with Crippen LogP contribution < -0.4 is 4.74 Å². The van der Waals surface area contributed by atoms with Crippen LogP contribution in [0.25, 0.3) is 11.4 Å². The van der Waals surface area contributed by atoms with Crippen molar-refractivity contribution in [1.82, 2.24) is 19.7 Å². The fourth-order valence-electron chi connectivity index (χ4n) is 1.63. The van der Waals surface area contributed by atoms with E-state index in [1.807, 2.05) is 0 Å². The minimum Gasteiger partial charge on any atom is -0.481 e. The lowest BCUT2D eigenvalue weighted by Gasteiger charge is -2.05. The highest BCUT2D eigenvalue weighted by Gasteiger charge is 2.21. The van der Waals surface area contributed by atoms with Crippen LogP contribution in [0.3, 0.4) is 0 Å². The Kier molecular flexibility index (Phi) is 3.41. The maximum Gasteiger partial charge on any atom is 0.222 e. The monoisotopic (exact) mass is 290 g/mol. The van der Waals surface area contributed by atoms with Gasteiger partial charge in [0.2, 0.25) is 5.88 Å². The van der Waals surface area contributed by atoms with Crippen molar-refractivity contribution in [3.8, 4) is 17.3 Å². The number of rotatable bonds is 2. The third kappa shape index (κ3) is 2.02. The summed E-state index contributed by atoms with van der Waals surface area (Å²) in [6.07, 6.45) is 0. The summed E-state index contributed by atoms with van der Waals surface area (Å²) in [6, 6.07) is 0. The molecule has 0 aromatic carbocycles. The molecule has 0 unspecified atom stereocenters. The molecule has 2 rings (SSSR count). The molecule has 8 heteroatoms. The zero-order chi connectivity index (χ0) is 13.4. The molecule has 0 saturated heterocycles. The van der Waals surface area contributed by atoms with Crippen molar-refractivity contribution in [1.29, 1.82) is 0 Å². The van der Waals surface area contributed by atoms with Crippen LogP contribution in [0.4, 0.5) is 4.39 Å². The molecule has 0 fully saturated rings. The lowest BCUT2D eigenvalue weighted by atomic mass is 10.2. The van der Waals surface area contributed by atoms with Crippen molar-refractivity contribution >= 4 is 23.2 Å². The Morgan fingerprint density at radius 3 is 2.28 bits per heavy atom. The zero-order valence-corrected chi connectivity index (χ0v) is 11.3. The van der Waals surface area contributed by atoms with E-state index in [4.69, 9.17) is 27.9 Å². The molecule has 0 aliphatic carbocycles. The van der Waals surface area contributed by atoms with Crippen molar-refractivity contribution in [3.63, 3.8) is 0 Å². The van der Waals surface area contributed by atoms with Crippen molar-refractivity contribution in [2.45, 2.75) is 6.92 Å². The van der Waals surface area contributed by atoms with Gasteiger partial charge in [0.05, 0.1) is 12.8 Å². The van der Waals surface area contributed by atoms with E-state index in [0.29, 0.717) is 17.1 Å². The Morgan fingerprint density at radius 1 is 1.22 bits per heavy atom. The van der Waals surface area contributed by atoms with E-state index in [0.717, 1.165) is 0 Å². The molecular weight excluding hydrogens is 282 g/mol. The summed E-state index contributed by atoms with van der Waals surface area (Å²) in [7, 11) is 3.20. The minimum absolute atomic E-state index is 0.175. The number of halogens is 3. The maximum atomic E-state index is 13.3. The van der Waals surface area contributed by atoms with Crippen LogP contribution in [0.1, 0.15) is 5.69 Å². The first-order valence-electron chi connectivity index (χ1n) is 4.92. The molecule has 2 aromatic rings. The summed E-state index contributed by atoms with van der Waals surface area (Å²) < 4.78 is 20.0. The van der Waals surface area contributed by atoms with Crippen LogP contribution >= 0.6 is 23.2 Å². The molecule has 0 saturated carbocycles. The second kappa shape index (κ2) is 4.70. The molecule has 0 N–H and O–H groups in total. The largest absolute Gasteiger partial charge is 0.481 e. The van der Waals surface area contributed by atoms with Crippen LogP contribution in [-0.4, -0.2) is 26.9 Å². The Morgan fingerprint density at radius 2 is 1.78 bits per heavy atom. The van der Waals surface area contributed by atoms with Crippen LogP contribution in [0, 0.1) is 12.7 Å². The van der Waals surface area contributed by atoms with Gasteiger partial charge in [-0.15, -0.1) is 0 Å². The quantitative estimate of drug-likeness (QED) is 0.798. The van der Waals surface area contributed by atoms with Gasteiger partial charge in [-0.25, -0.2) is 19.0 Å². The highest BCUT2D eigenvalue weighted by Crippen LogP contribution is 2.32. The number of hydrogen-bond donors (Lipinski definition) is 0. The normalized spacial score (nSPS) is 10.8. The van der Waals surface area contributed by atoms with Gasteiger partial charge >= 0.3 is 0 Å². The number of aryl methyl sites for hydroxylation is 2. The molecule has 5 nitrogen and oxygen atoms in total. The summed E-state index contributed by atoms with van der Waals surface area (Å²) >= 11 is 11.3. The fraction of sp³-hybridized carbons (Fsp3) is 0.300. The predicted octanol–water partition coefficient (Wildman–Crippen LogP) is 2.64. The van der Waals surface area contributed by atoms with Crippen molar-refractivity contribution in [3.05, 3.63) is 21.8 Å². The van der Waals surface area contributed by atoms with Crippen molar-refractivity contribution in [2.24, 2.45) is 7.05 Å². The van der Waals surface area contributed by atoms with Crippen LogP contribution in [0.5, 0.6) is 5.88 Å². The lowest BCUT2D eigenvalue weighted by molar-refractivity contribution is 0.374. The fourth-order valence-corrected chi connectivity index (χ4v) is 2.02. The van der Waals surface area contributed by atoms with E-state index in [1.165, 1.54) is 11.8 Å². The zero-order valence-electron chi connectivity index (χ0n) is 9.83. The van der Waals surface area contributed by atoms with Crippen molar-refractivity contribution in [2.75, 3.05) is 7.11 Å². The van der Waals surface area contributed by atoms with Crippen LogP contribution in [-0.2, 0) is 7.05 Å². The van der Waals surface area contributed by atoms with Gasteiger partial charge in [0.25, 0.3) is 0 Å². The van der Waals surface area contributed by atoms with Gasteiger partial charge in [-0.1, -0.05) is 23.2 Å². The smallest absolute Gasteiger partial charge is 0.222 e. The van der Waals surface area contributed by atoms with Gasteiger partial charge in [-0.2, -0.15) is 5.10 Å². The molecule has 0 amide bonds. The van der Waals surface area contributed by atoms with Gasteiger partial charge < -0.3 is 4.74 Å². The molecular formula is C10H9Cl2FN4O. The summed E-state index contributed by atoms with van der Waals surface area (Å²) in [5, 5.41) is 3.50. The Balaban J connectivity index is 2.69. The number of hydrogen-bond acceptors (Lipinski definition) is 4. The third-order valence-electron chi connectivity index (χ3n) is 2.36. The van der Waals surface area contributed by atoms with E-state index in [1.54, 1.807) is 14.0 Å². The van der Waals surface area contributed by atoms with Crippen LogP contribution in [0.2, 0.25) is 10.3 Å². The van der Waals surface area contributed by atoms with Gasteiger partial charge in [0.15, 0.2) is 21.9 Å². The lowest BCUT2D eigenvalue weighted by Crippen LogP contribution is -1.98.